The van der Waals surface area contributed by atoms with E-state index in [4.69, 9.17) is 23.2 Å². The second-order valence-corrected chi connectivity index (χ2v) is 6.52. The third-order valence-electron chi connectivity index (χ3n) is 3.81. The van der Waals surface area contributed by atoms with Gasteiger partial charge >= 0.3 is 0 Å². The summed E-state index contributed by atoms with van der Waals surface area (Å²) in [7, 11) is 0. The molecule has 0 saturated heterocycles. The largest absolute Gasteiger partial charge is 0.322 e. The van der Waals surface area contributed by atoms with Gasteiger partial charge in [0, 0.05) is 11.9 Å². The van der Waals surface area contributed by atoms with Gasteiger partial charge in [-0.1, -0.05) is 47.5 Å². The van der Waals surface area contributed by atoms with Gasteiger partial charge in [0.1, 0.15) is 5.69 Å². The Balaban J connectivity index is 1.84. The van der Waals surface area contributed by atoms with Gasteiger partial charge in [0.2, 0.25) is 5.95 Å². The number of carbonyl (C=O) groups excluding carboxylic acids is 1. The van der Waals surface area contributed by atoms with Gasteiger partial charge in [-0.25, -0.2) is 9.97 Å². The topological polar surface area (TPSA) is 66.9 Å². The number of anilines is 3. The van der Waals surface area contributed by atoms with Crippen molar-refractivity contribution in [3.63, 3.8) is 0 Å². The molecule has 0 unspecified atom stereocenters. The summed E-state index contributed by atoms with van der Waals surface area (Å²) in [6, 6.07) is 12.5. The Bertz CT molecular complexity index is 935. The molecular formula is C19H16Cl2N4O. The van der Waals surface area contributed by atoms with Crippen molar-refractivity contribution in [2.24, 2.45) is 0 Å². The van der Waals surface area contributed by atoms with Crippen molar-refractivity contribution >= 4 is 46.4 Å². The lowest BCUT2D eigenvalue weighted by Crippen LogP contribution is -2.16. The molecule has 2 N–H and O–H groups in total. The number of aryl methyl sites for hydroxylation is 2. The zero-order valence-electron chi connectivity index (χ0n) is 14.2. The van der Waals surface area contributed by atoms with Crippen molar-refractivity contribution in [3.8, 4) is 0 Å². The highest BCUT2D eigenvalue weighted by atomic mass is 35.5. The van der Waals surface area contributed by atoms with E-state index >= 15 is 0 Å². The number of halogens is 2. The van der Waals surface area contributed by atoms with E-state index in [0.717, 1.165) is 16.8 Å². The normalized spacial score (nSPS) is 10.5. The van der Waals surface area contributed by atoms with Crippen LogP contribution in [0.2, 0.25) is 10.0 Å². The Kier molecular flexibility index (Phi) is 5.40. The van der Waals surface area contributed by atoms with Crippen molar-refractivity contribution in [2.45, 2.75) is 13.8 Å². The van der Waals surface area contributed by atoms with Crippen LogP contribution in [-0.2, 0) is 0 Å². The molecule has 0 atom stereocenters. The van der Waals surface area contributed by atoms with E-state index in [1.54, 1.807) is 24.3 Å². The number of amides is 1. The number of nitrogens with one attached hydrogen (secondary N) is 2. The predicted octanol–water partition coefficient (Wildman–Crippen LogP) is 5.40. The second kappa shape index (κ2) is 7.72. The van der Waals surface area contributed by atoms with Crippen molar-refractivity contribution in [2.75, 3.05) is 10.6 Å². The summed E-state index contributed by atoms with van der Waals surface area (Å²) in [4.78, 5) is 21.0. The number of aromatic nitrogens is 2. The Morgan fingerprint density at radius 2 is 1.54 bits per heavy atom. The fourth-order valence-electron chi connectivity index (χ4n) is 2.46. The zero-order valence-corrected chi connectivity index (χ0v) is 15.7. The molecule has 26 heavy (non-hydrogen) atoms. The summed E-state index contributed by atoms with van der Waals surface area (Å²) < 4.78 is 0. The number of nitrogens with zero attached hydrogens (tertiary/aromatic N) is 2. The minimum atomic E-state index is -0.321. The van der Waals surface area contributed by atoms with E-state index in [-0.39, 0.29) is 17.5 Å². The van der Waals surface area contributed by atoms with Crippen LogP contribution in [0.15, 0.2) is 48.7 Å². The quantitative estimate of drug-likeness (QED) is 0.629. The van der Waals surface area contributed by atoms with E-state index in [0.29, 0.717) is 15.7 Å². The number of carbonyl (C=O) groups is 1. The maximum absolute atomic E-state index is 12.6. The Morgan fingerprint density at radius 1 is 0.923 bits per heavy atom. The standard InChI is InChI=1S/C19H16Cl2N4O/c1-11-5-3-6-12(2)16(11)24-18(26)15-9-10-22-19(23-15)25-17-13(20)7-4-8-14(17)21/h3-10H,1-2H3,(H,24,26)(H,22,23,25). The summed E-state index contributed by atoms with van der Waals surface area (Å²) in [6.07, 6.45) is 1.50. The molecule has 7 heteroatoms. The van der Waals surface area contributed by atoms with Gasteiger partial charge in [0.15, 0.2) is 0 Å². The SMILES string of the molecule is Cc1cccc(C)c1NC(=O)c1ccnc(Nc2c(Cl)cccc2Cl)n1. The zero-order chi connectivity index (χ0) is 18.7. The Labute approximate surface area is 161 Å². The van der Waals surface area contributed by atoms with Gasteiger partial charge in [-0.15, -0.1) is 0 Å². The maximum Gasteiger partial charge on any atom is 0.274 e. The van der Waals surface area contributed by atoms with Crippen molar-refractivity contribution in [1.82, 2.24) is 9.97 Å². The second-order valence-electron chi connectivity index (χ2n) is 5.71. The Morgan fingerprint density at radius 3 is 2.19 bits per heavy atom. The first-order valence-electron chi connectivity index (χ1n) is 7.87. The average Bonchev–Trinajstić information content (AvgIpc) is 2.62. The molecule has 3 aromatic rings. The predicted molar refractivity (Wildman–Crippen MR) is 106 cm³/mol. The van der Waals surface area contributed by atoms with Crippen LogP contribution < -0.4 is 10.6 Å². The molecule has 0 aliphatic heterocycles. The molecule has 132 valence electrons. The van der Waals surface area contributed by atoms with Crippen LogP contribution in [0.4, 0.5) is 17.3 Å². The molecule has 0 fully saturated rings. The molecule has 0 spiro atoms. The van der Waals surface area contributed by atoms with Crippen molar-refractivity contribution in [1.29, 1.82) is 0 Å². The number of rotatable bonds is 4. The van der Waals surface area contributed by atoms with Crippen LogP contribution in [0.3, 0.4) is 0 Å². The van der Waals surface area contributed by atoms with E-state index in [1.807, 2.05) is 32.0 Å². The molecule has 0 aliphatic carbocycles. The fourth-order valence-corrected chi connectivity index (χ4v) is 2.96. The molecule has 1 heterocycles. The summed E-state index contributed by atoms with van der Waals surface area (Å²) >= 11 is 12.3. The molecule has 2 aromatic carbocycles. The van der Waals surface area contributed by atoms with E-state index in [1.165, 1.54) is 6.20 Å². The molecule has 0 saturated carbocycles. The van der Waals surface area contributed by atoms with Gasteiger partial charge < -0.3 is 10.6 Å². The lowest BCUT2D eigenvalue weighted by Gasteiger charge is -2.12. The van der Waals surface area contributed by atoms with Gasteiger partial charge in [-0.3, -0.25) is 4.79 Å². The number of para-hydroxylation sites is 2. The fraction of sp³-hybridized carbons (Fsp3) is 0.105. The Hall–Kier alpha value is -2.63. The summed E-state index contributed by atoms with van der Waals surface area (Å²) in [6.45, 7) is 3.88. The highest BCUT2D eigenvalue weighted by Crippen LogP contribution is 2.31. The lowest BCUT2D eigenvalue weighted by atomic mass is 10.1. The third-order valence-corrected chi connectivity index (χ3v) is 4.44. The lowest BCUT2D eigenvalue weighted by molar-refractivity contribution is 0.102. The van der Waals surface area contributed by atoms with Crippen LogP contribution in [0.1, 0.15) is 21.6 Å². The minimum Gasteiger partial charge on any atom is -0.322 e. The summed E-state index contributed by atoms with van der Waals surface area (Å²) in [5.74, 6) is -0.0905. The highest BCUT2D eigenvalue weighted by Gasteiger charge is 2.13. The van der Waals surface area contributed by atoms with Crippen LogP contribution in [0.5, 0.6) is 0 Å². The van der Waals surface area contributed by atoms with E-state index in [9.17, 15) is 4.79 Å². The van der Waals surface area contributed by atoms with Crippen LogP contribution in [-0.4, -0.2) is 15.9 Å². The average molecular weight is 387 g/mol. The van der Waals surface area contributed by atoms with Crippen molar-refractivity contribution < 1.29 is 4.79 Å². The first-order chi connectivity index (χ1) is 12.5. The number of benzene rings is 2. The molecule has 0 aliphatic rings. The highest BCUT2D eigenvalue weighted by molar-refractivity contribution is 6.39. The van der Waals surface area contributed by atoms with Crippen molar-refractivity contribution in [3.05, 3.63) is 75.5 Å². The monoisotopic (exact) mass is 386 g/mol. The van der Waals surface area contributed by atoms with E-state index in [2.05, 4.69) is 20.6 Å². The molecule has 0 bridgehead atoms. The molecular weight excluding hydrogens is 371 g/mol. The minimum absolute atomic E-state index is 0.230. The molecule has 1 aromatic heterocycles. The first kappa shape index (κ1) is 18.2. The number of hydrogen-bond donors (Lipinski definition) is 2. The first-order valence-corrected chi connectivity index (χ1v) is 8.63. The summed E-state index contributed by atoms with van der Waals surface area (Å²) in [5, 5.41) is 6.73. The van der Waals surface area contributed by atoms with Crippen LogP contribution >= 0.6 is 23.2 Å². The molecule has 3 rings (SSSR count). The van der Waals surface area contributed by atoms with E-state index < -0.39 is 0 Å². The number of hydrogen-bond acceptors (Lipinski definition) is 4. The molecule has 0 radical (unpaired) electrons. The van der Waals surface area contributed by atoms with Gasteiger partial charge in [-0.05, 0) is 43.2 Å². The van der Waals surface area contributed by atoms with Crippen LogP contribution in [0, 0.1) is 13.8 Å². The van der Waals surface area contributed by atoms with Crippen LogP contribution in [0.25, 0.3) is 0 Å². The maximum atomic E-state index is 12.6. The van der Waals surface area contributed by atoms with Gasteiger partial charge in [-0.2, -0.15) is 0 Å². The van der Waals surface area contributed by atoms with Gasteiger partial charge in [0.25, 0.3) is 5.91 Å². The molecule has 5 nitrogen and oxygen atoms in total. The smallest absolute Gasteiger partial charge is 0.274 e. The van der Waals surface area contributed by atoms with Gasteiger partial charge in [0.05, 0.1) is 15.7 Å². The third kappa shape index (κ3) is 3.95. The molecule has 1 amide bonds. The summed E-state index contributed by atoms with van der Waals surface area (Å²) in [5.41, 5.74) is 3.46.